The molecule has 0 bridgehead atoms. The summed E-state index contributed by atoms with van der Waals surface area (Å²) in [5.74, 6) is 2.68. The lowest BCUT2D eigenvalue weighted by atomic mass is 9.90. The molecule has 1 aliphatic heterocycles. The summed E-state index contributed by atoms with van der Waals surface area (Å²) in [4.78, 5) is 19.6. The molecule has 0 amide bonds. The smallest absolute Gasteiger partial charge is 0.231 e. The molecule has 176 valence electrons. The molecular formula is C25H35N7O. The summed E-state index contributed by atoms with van der Waals surface area (Å²) in [5.41, 5.74) is 3.71. The third kappa shape index (κ3) is 4.90. The first kappa shape index (κ1) is 21.9. The van der Waals surface area contributed by atoms with E-state index in [1.807, 2.05) is 0 Å². The van der Waals surface area contributed by atoms with Crippen molar-refractivity contribution in [2.24, 2.45) is 0 Å². The lowest BCUT2D eigenvalue weighted by Crippen LogP contribution is -2.34. The van der Waals surface area contributed by atoms with Crippen LogP contribution in [0.25, 0.3) is 11.2 Å². The van der Waals surface area contributed by atoms with E-state index >= 15 is 0 Å². The van der Waals surface area contributed by atoms with Crippen LogP contribution in [0.15, 0.2) is 24.5 Å². The lowest BCUT2D eigenvalue weighted by Gasteiger charge is -2.32. The van der Waals surface area contributed by atoms with Crippen molar-refractivity contribution in [3.05, 3.63) is 30.1 Å². The predicted octanol–water partition coefficient (Wildman–Crippen LogP) is 5.05. The van der Waals surface area contributed by atoms with Crippen LogP contribution in [0.3, 0.4) is 0 Å². The molecule has 1 unspecified atom stereocenters. The van der Waals surface area contributed by atoms with Gasteiger partial charge in [-0.15, -0.1) is 0 Å². The van der Waals surface area contributed by atoms with E-state index in [1.54, 1.807) is 13.4 Å². The molecule has 2 fully saturated rings. The number of aromatic nitrogens is 4. The fourth-order valence-electron chi connectivity index (χ4n) is 5.23. The zero-order valence-electron chi connectivity index (χ0n) is 19.7. The largest absolute Gasteiger partial charge is 0.495 e. The van der Waals surface area contributed by atoms with Crippen molar-refractivity contribution in [3.8, 4) is 5.75 Å². The van der Waals surface area contributed by atoms with Crippen LogP contribution in [0.4, 0.5) is 17.5 Å². The summed E-state index contributed by atoms with van der Waals surface area (Å²) in [6, 6.07) is 6.91. The normalized spacial score (nSPS) is 20.1. The van der Waals surface area contributed by atoms with Crippen molar-refractivity contribution in [2.75, 3.05) is 37.4 Å². The van der Waals surface area contributed by atoms with Gasteiger partial charge in [-0.1, -0.05) is 32.3 Å². The monoisotopic (exact) mass is 449 g/mol. The van der Waals surface area contributed by atoms with E-state index in [9.17, 15) is 0 Å². The van der Waals surface area contributed by atoms with Gasteiger partial charge >= 0.3 is 0 Å². The van der Waals surface area contributed by atoms with E-state index < -0.39 is 0 Å². The van der Waals surface area contributed by atoms with Crippen LogP contribution >= 0.6 is 0 Å². The SMILES string of the molecule is CCN1CCCC(c2ccc(Nc3nc(NC4CCCCC4)c4nc[nH]c4n3)c(OC)c2)C1. The quantitative estimate of drug-likeness (QED) is 0.465. The highest BCUT2D eigenvalue weighted by atomic mass is 16.5. The first-order valence-corrected chi connectivity index (χ1v) is 12.4. The molecule has 0 radical (unpaired) electrons. The maximum Gasteiger partial charge on any atom is 0.231 e. The Morgan fingerprint density at radius 2 is 2.00 bits per heavy atom. The molecule has 1 aromatic carbocycles. The molecule has 8 heteroatoms. The van der Waals surface area contributed by atoms with E-state index in [-0.39, 0.29) is 0 Å². The number of fused-ring (bicyclic) bond motifs is 1. The van der Waals surface area contributed by atoms with Gasteiger partial charge in [0, 0.05) is 12.6 Å². The Labute approximate surface area is 195 Å². The fourth-order valence-corrected chi connectivity index (χ4v) is 5.23. The van der Waals surface area contributed by atoms with Gasteiger partial charge in [0.15, 0.2) is 11.5 Å². The number of likely N-dealkylation sites (N-methyl/N-ethyl adjacent to an activating group) is 1. The fraction of sp³-hybridized carbons (Fsp3) is 0.560. The molecule has 0 spiro atoms. The highest BCUT2D eigenvalue weighted by Gasteiger charge is 2.22. The maximum atomic E-state index is 5.76. The third-order valence-electron chi connectivity index (χ3n) is 7.12. The first-order valence-electron chi connectivity index (χ1n) is 12.4. The van der Waals surface area contributed by atoms with E-state index in [1.165, 1.54) is 57.1 Å². The second kappa shape index (κ2) is 9.95. The van der Waals surface area contributed by atoms with E-state index in [2.05, 4.69) is 55.6 Å². The second-order valence-corrected chi connectivity index (χ2v) is 9.29. The molecule has 5 rings (SSSR count). The van der Waals surface area contributed by atoms with Crippen LogP contribution in [0, 0.1) is 0 Å². The van der Waals surface area contributed by atoms with Gasteiger partial charge in [0.1, 0.15) is 11.3 Å². The van der Waals surface area contributed by atoms with Gasteiger partial charge in [0.2, 0.25) is 5.95 Å². The summed E-state index contributed by atoms with van der Waals surface area (Å²) in [6.45, 7) is 5.67. The Morgan fingerprint density at radius 1 is 1.12 bits per heavy atom. The zero-order chi connectivity index (χ0) is 22.6. The Balaban J connectivity index is 1.38. The zero-order valence-corrected chi connectivity index (χ0v) is 19.7. The maximum absolute atomic E-state index is 5.76. The van der Waals surface area contributed by atoms with Gasteiger partial charge in [0.25, 0.3) is 0 Å². The Morgan fingerprint density at radius 3 is 2.82 bits per heavy atom. The van der Waals surface area contributed by atoms with Crippen molar-refractivity contribution < 1.29 is 4.74 Å². The minimum atomic E-state index is 0.438. The molecular weight excluding hydrogens is 414 g/mol. The van der Waals surface area contributed by atoms with Crippen molar-refractivity contribution in [3.63, 3.8) is 0 Å². The number of piperidine rings is 1. The van der Waals surface area contributed by atoms with E-state index in [4.69, 9.17) is 9.72 Å². The van der Waals surface area contributed by atoms with Crippen molar-refractivity contribution >= 4 is 28.6 Å². The van der Waals surface area contributed by atoms with Crippen molar-refractivity contribution in [1.82, 2.24) is 24.8 Å². The molecule has 1 saturated heterocycles. The number of hydrogen-bond donors (Lipinski definition) is 3. The van der Waals surface area contributed by atoms with Gasteiger partial charge in [-0.2, -0.15) is 9.97 Å². The standard InChI is InChI=1S/C25H35N7O/c1-3-32-13-7-8-18(15-32)17-11-12-20(21(14-17)33-2)29-25-30-23-22(26-16-27-23)24(31-25)28-19-9-5-4-6-10-19/h11-12,14,16,18-19H,3-10,13,15H2,1-2H3,(H3,26,27,28,29,30,31). The van der Waals surface area contributed by atoms with Crippen LogP contribution in [-0.4, -0.2) is 57.6 Å². The van der Waals surface area contributed by atoms with Crippen LogP contribution in [-0.2, 0) is 0 Å². The van der Waals surface area contributed by atoms with Gasteiger partial charge in [0.05, 0.1) is 19.1 Å². The number of nitrogens with one attached hydrogen (secondary N) is 3. The lowest BCUT2D eigenvalue weighted by molar-refractivity contribution is 0.218. The number of ether oxygens (including phenoxy) is 1. The van der Waals surface area contributed by atoms with Crippen molar-refractivity contribution in [2.45, 2.75) is 63.8 Å². The number of hydrogen-bond acceptors (Lipinski definition) is 7. The van der Waals surface area contributed by atoms with Crippen LogP contribution < -0.4 is 15.4 Å². The Hall–Kier alpha value is -2.87. The Bertz CT molecular complexity index is 1080. The minimum Gasteiger partial charge on any atom is -0.495 e. The first-order chi connectivity index (χ1) is 16.2. The third-order valence-corrected chi connectivity index (χ3v) is 7.12. The molecule has 1 atom stereocenters. The highest BCUT2D eigenvalue weighted by molar-refractivity contribution is 5.84. The highest BCUT2D eigenvalue weighted by Crippen LogP contribution is 2.34. The number of aromatic amines is 1. The molecule has 1 saturated carbocycles. The number of likely N-dealkylation sites (tertiary alicyclic amines) is 1. The summed E-state index contributed by atoms with van der Waals surface area (Å²) in [7, 11) is 1.72. The van der Waals surface area contributed by atoms with Gasteiger partial charge in [-0.05, 0) is 62.4 Å². The second-order valence-electron chi connectivity index (χ2n) is 9.29. The average Bonchev–Trinajstić information content (AvgIpc) is 3.34. The summed E-state index contributed by atoms with van der Waals surface area (Å²) in [6.07, 6.45) is 10.3. The molecule has 3 aromatic rings. The Kier molecular flexibility index (Phi) is 6.62. The summed E-state index contributed by atoms with van der Waals surface area (Å²) in [5, 5.41) is 7.00. The molecule has 2 aliphatic rings. The topological polar surface area (TPSA) is 91.0 Å². The molecule has 3 heterocycles. The summed E-state index contributed by atoms with van der Waals surface area (Å²) < 4.78 is 5.76. The number of imidazole rings is 1. The predicted molar refractivity (Wildman–Crippen MR) is 133 cm³/mol. The number of rotatable bonds is 7. The van der Waals surface area contributed by atoms with Crippen LogP contribution in [0.1, 0.15) is 63.4 Å². The molecule has 8 nitrogen and oxygen atoms in total. The minimum absolute atomic E-state index is 0.438. The van der Waals surface area contributed by atoms with Gasteiger partial charge in [-0.3, -0.25) is 0 Å². The average molecular weight is 450 g/mol. The molecule has 2 aromatic heterocycles. The number of anilines is 3. The molecule has 3 N–H and O–H groups in total. The van der Waals surface area contributed by atoms with Crippen LogP contribution in [0.2, 0.25) is 0 Å². The van der Waals surface area contributed by atoms with E-state index in [0.717, 1.165) is 41.5 Å². The number of methoxy groups -OCH3 is 1. The van der Waals surface area contributed by atoms with Gasteiger partial charge < -0.3 is 25.3 Å². The number of nitrogens with zero attached hydrogens (tertiary/aromatic N) is 4. The summed E-state index contributed by atoms with van der Waals surface area (Å²) >= 11 is 0. The molecule has 1 aliphatic carbocycles. The van der Waals surface area contributed by atoms with Gasteiger partial charge in [-0.25, -0.2) is 4.98 Å². The van der Waals surface area contributed by atoms with Crippen molar-refractivity contribution in [1.29, 1.82) is 0 Å². The number of benzene rings is 1. The number of H-pyrrole nitrogens is 1. The van der Waals surface area contributed by atoms with Crippen LogP contribution in [0.5, 0.6) is 5.75 Å². The van der Waals surface area contributed by atoms with E-state index in [0.29, 0.717) is 17.9 Å². The molecule has 33 heavy (non-hydrogen) atoms.